The summed E-state index contributed by atoms with van der Waals surface area (Å²) in [6, 6.07) is 4.23. The van der Waals surface area contributed by atoms with E-state index >= 15 is 0 Å². The molecule has 0 aliphatic carbocycles. The van der Waals surface area contributed by atoms with E-state index in [9.17, 15) is 0 Å². The number of aromatic nitrogens is 1. The van der Waals surface area contributed by atoms with Crippen molar-refractivity contribution in [1.29, 1.82) is 0 Å². The molecule has 0 N–H and O–H groups in total. The first-order valence-electron chi connectivity index (χ1n) is 7.24. The van der Waals surface area contributed by atoms with E-state index in [1.54, 1.807) is 0 Å². The van der Waals surface area contributed by atoms with Crippen molar-refractivity contribution in [3.63, 3.8) is 0 Å². The molecule has 0 radical (unpaired) electrons. The van der Waals surface area contributed by atoms with Crippen molar-refractivity contribution in [3.8, 4) is 0 Å². The lowest BCUT2D eigenvalue weighted by Crippen LogP contribution is -1.94. The zero-order valence-corrected chi connectivity index (χ0v) is 11.5. The van der Waals surface area contributed by atoms with E-state index in [1.165, 1.54) is 56.9 Å². The number of hydrogen-bond donors (Lipinski definition) is 0. The summed E-state index contributed by atoms with van der Waals surface area (Å²) in [4.78, 5) is 4.18. The third kappa shape index (κ3) is 6.45. The van der Waals surface area contributed by atoms with Gasteiger partial charge in [-0.2, -0.15) is 0 Å². The van der Waals surface area contributed by atoms with E-state index in [4.69, 9.17) is 0 Å². The Morgan fingerprint density at radius 3 is 2.41 bits per heavy atom. The molecule has 1 atom stereocenters. The van der Waals surface area contributed by atoms with Crippen LogP contribution in [0.3, 0.4) is 0 Å². The highest BCUT2D eigenvalue weighted by Gasteiger charge is 2.04. The largest absolute Gasteiger partial charge is 0.264 e. The first kappa shape index (κ1) is 14.2. The molecule has 0 spiro atoms. The average molecular weight is 233 g/mol. The molecule has 0 aliphatic rings. The van der Waals surface area contributed by atoms with Gasteiger partial charge in [0.2, 0.25) is 0 Å². The van der Waals surface area contributed by atoms with Gasteiger partial charge in [0.25, 0.3) is 0 Å². The minimum Gasteiger partial charge on any atom is -0.264 e. The van der Waals surface area contributed by atoms with Crippen molar-refractivity contribution in [1.82, 2.24) is 4.98 Å². The molecule has 0 aromatic carbocycles. The minimum atomic E-state index is 0.666. The Morgan fingerprint density at radius 2 is 1.76 bits per heavy atom. The van der Waals surface area contributed by atoms with Gasteiger partial charge in [0.05, 0.1) is 0 Å². The van der Waals surface area contributed by atoms with Crippen LogP contribution in [0.4, 0.5) is 0 Å². The molecule has 0 amide bonds. The van der Waals surface area contributed by atoms with E-state index < -0.39 is 0 Å². The van der Waals surface area contributed by atoms with Gasteiger partial charge >= 0.3 is 0 Å². The first-order chi connectivity index (χ1) is 8.34. The zero-order chi connectivity index (χ0) is 12.3. The average Bonchev–Trinajstić information content (AvgIpc) is 2.38. The fraction of sp³-hybridized carbons (Fsp3) is 0.688. The second-order valence-electron chi connectivity index (χ2n) is 5.10. The van der Waals surface area contributed by atoms with Crippen LogP contribution in [0.15, 0.2) is 24.5 Å². The van der Waals surface area contributed by atoms with Gasteiger partial charge in [-0.25, -0.2) is 0 Å². The molecule has 1 heterocycles. The first-order valence-corrected chi connectivity index (χ1v) is 7.24. The fourth-order valence-corrected chi connectivity index (χ4v) is 2.24. The molecular formula is C16H27N. The summed E-state index contributed by atoms with van der Waals surface area (Å²) in [5.41, 5.74) is 1.39. The van der Waals surface area contributed by atoms with Gasteiger partial charge in [0.1, 0.15) is 0 Å². The Balaban J connectivity index is 2.03. The molecule has 1 heteroatoms. The third-order valence-corrected chi connectivity index (χ3v) is 3.49. The Morgan fingerprint density at radius 1 is 1.06 bits per heavy atom. The van der Waals surface area contributed by atoms with Gasteiger partial charge in [-0.1, -0.05) is 64.9 Å². The number of hydrogen-bond acceptors (Lipinski definition) is 1. The Kier molecular flexibility index (Phi) is 7.70. The predicted octanol–water partition coefficient (Wildman–Crippen LogP) is 5.33. The number of nitrogens with zero attached hydrogens (tertiary/aromatic N) is 1. The lowest BCUT2D eigenvalue weighted by Gasteiger charge is -2.10. The van der Waals surface area contributed by atoms with Crippen LogP contribution in [0.25, 0.3) is 0 Å². The van der Waals surface area contributed by atoms with E-state index in [2.05, 4.69) is 24.9 Å². The number of unbranched alkanes of at least 4 members (excludes halogenated alkanes) is 6. The van der Waals surface area contributed by atoms with Gasteiger partial charge in [0, 0.05) is 12.4 Å². The summed E-state index contributed by atoms with van der Waals surface area (Å²) in [6.45, 7) is 4.59. The van der Waals surface area contributed by atoms with Crippen LogP contribution in [0.2, 0.25) is 0 Å². The van der Waals surface area contributed by atoms with Crippen LogP contribution in [0, 0.1) is 0 Å². The normalized spacial score (nSPS) is 12.6. The van der Waals surface area contributed by atoms with Crippen molar-refractivity contribution in [2.45, 2.75) is 71.1 Å². The maximum Gasteiger partial charge on any atom is 0.0302 e. The van der Waals surface area contributed by atoms with Crippen LogP contribution in [0.5, 0.6) is 0 Å². The monoisotopic (exact) mass is 233 g/mol. The zero-order valence-electron chi connectivity index (χ0n) is 11.5. The highest BCUT2D eigenvalue weighted by Crippen LogP contribution is 2.21. The second kappa shape index (κ2) is 9.21. The summed E-state index contributed by atoms with van der Waals surface area (Å²) >= 11 is 0. The van der Waals surface area contributed by atoms with Gasteiger partial charge in [-0.3, -0.25) is 4.98 Å². The van der Waals surface area contributed by atoms with Crippen LogP contribution in [0.1, 0.15) is 76.7 Å². The number of pyridine rings is 1. The molecule has 17 heavy (non-hydrogen) atoms. The van der Waals surface area contributed by atoms with Crippen molar-refractivity contribution in [2.24, 2.45) is 0 Å². The van der Waals surface area contributed by atoms with Crippen molar-refractivity contribution >= 4 is 0 Å². The smallest absolute Gasteiger partial charge is 0.0302 e. The Hall–Kier alpha value is -0.850. The fourth-order valence-electron chi connectivity index (χ4n) is 2.24. The van der Waals surface area contributed by atoms with E-state index in [1.807, 2.05) is 18.5 Å². The van der Waals surface area contributed by atoms with Crippen molar-refractivity contribution in [2.75, 3.05) is 0 Å². The molecule has 0 saturated heterocycles. The van der Waals surface area contributed by atoms with E-state index in [0.717, 1.165) is 0 Å². The summed E-state index contributed by atoms with van der Waals surface area (Å²) in [5.74, 6) is 0.666. The quantitative estimate of drug-likeness (QED) is 0.526. The third-order valence-electron chi connectivity index (χ3n) is 3.49. The summed E-state index contributed by atoms with van der Waals surface area (Å²) in [6.07, 6.45) is 14.9. The summed E-state index contributed by atoms with van der Waals surface area (Å²) in [7, 11) is 0. The van der Waals surface area contributed by atoms with Crippen molar-refractivity contribution in [3.05, 3.63) is 30.1 Å². The van der Waals surface area contributed by atoms with Gasteiger partial charge < -0.3 is 0 Å². The maximum atomic E-state index is 4.18. The maximum absolute atomic E-state index is 4.18. The van der Waals surface area contributed by atoms with E-state index in [0.29, 0.717) is 5.92 Å². The molecule has 0 fully saturated rings. The van der Waals surface area contributed by atoms with Gasteiger partial charge in [-0.05, 0) is 24.0 Å². The Labute approximate surface area is 107 Å². The van der Waals surface area contributed by atoms with Crippen LogP contribution in [-0.2, 0) is 0 Å². The predicted molar refractivity (Wildman–Crippen MR) is 75.3 cm³/mol. The molecule has 1 aromatic rings. The second-order valence-corrected chi connectivity index (χ2v) is 5.10. The van der Waals surface area contributed by atoms with Crippen LogP contribution in [-0.4, -0.2) is 4.98 Å². The SMILES string of the molecule is CCCCCCCCCC(C)c1cccnc1. The molecule has 0 aliphatic heterocycles. The van der Waals surface area contributed by atoms with Crippen LogP contribution >= 0.6 is 0 Å². The minimum absolute atomic E-state index is 0.666. The molecule has 1 unspecified atom stereocenters. The van der Waals surface area contributed by atoms with Gasteiger partial charge in [0.15, 0.2) is 0 Å². The van der Waals surface area contributed by atoms with Gasteiger partial charge in [-0.15, -0.1) is 0 Å². The van der Waals surface area contributed by atoms with E-state index in [-0.39, 0.29) is 0 Å². The molecule has 1 rings (SSSR count). The number of rotatable bonds is 9. The molecular weight excluding hydrogens is 206 g/mol. The highest BCUT2D eigenvalue weighted by molar-refractivity contribution is 5.13. The molecule has 1 nitrogen and oxygen atoms in total. The highest BCUT2D eigenvalue weighted by atomic mass is 14.6. The molecule has 96 valence electrons. The lowest BCUT2D eigenvalue weighted by atomic mass is 9.96. The Bertz CT molecular complexity index is 268. The molecule has 1 aromatic heterocycles. The van der Waals surface area contributed by atoms with Crippen molar-refractivity contribution < 1.29 is 0 Å². The van der Waals surface area contributed by atoms with Crippen LogP contribution < -0.4 is 0 Å². The topological polar surface area (TPSA) is 12.9 Å². The lowest BCUT2D eigenvalue weighted by molar-refractivity contribution is 0.549. The molecule has 0 saturated carbocycles. The molecule has 0 bridgehead atoms. The summed E-state index contributed by atoms with van der Waals surface area (Å²) in [5, 5.41) is 0. The standard InChI is InChI=1S/C16H27N/c1-3-4-5-6-7-8-9-11-15(2)16-12-10-13-17-14-16/h10,12-15H,3-9,11H2,1-2H3. The summed E-state index contributed by atoms with van der Waals surface area (Å²) < 4.78 is 0.